The van der Waals surface area contributed by atoms with Crippen LogP contribution in [0, 0.1) is 0 Å². The first-order chi connectivity index (χ1) is 19.8. The van der Waals surface area contributed by atoms with Crippen molar-refractivity contribution < 1.29 is 66.0 Å². The summed E-state index contributed by atoms with van der Waals surface area (Å²) in [4.78, 5) is 46.0. The van der Waals surface area contributed by atoms with Gasteiger partial charge in [0.1, 0.15) is 18.3 Å². The maximum Gasteiger partial charge on any atom is 0.510 e. The van der Waals surface area contributed by atoms with E-state index >= 15 is 4.39 Å². The summed E-state index contributed by atoms with van der Waals surface area (Å²) in [7, 11) is -3.77. The predicted octanol–water partition coefficient (Wildman–Crippen LogP) is 1.45. The number of aliphatic hydroxyl groups excluding tert-OH is 1. The summed E-state index contributed by atoms with van der Waals surface area (Å²) in [6.07, 6.45) is -7.77. The number of likely N-dealkylation sites (N-methyl/N-ethyl adjacent to an activating group) is 1. The number of hydrogen-bond donors (Lipinski definition) is 4. The molecule has 1 aliphatic rings. The minimum absolute atomic E-state index is 0.299. The maximum atomic E-state index is 16.0. The number of phosphoric ester groups is 1. The first-order valence-electron chi connectivity index (χ1n) is 12.4. The monoisotopic (exact) mass is 643 g/mol. The van der Waals surface area contributed by atoms with Gasteiger partial charge < -0.3 is 44.5 Å². The highest BCUT2D eigenvalue weighted by Crippen LogP contribution is 2.52. The van der Waals surface area contributed by atoms with Crippen LogP contribution >= 0.6 is 7.82 Å². The number of anilines is 2. The normalized spacial score (nSPS) is 23.7. The smallest absolute Gasteiger partial charge is 0.432 e. The van der Waals surface area contributed by atoms with Gasteiger partial charge in [0.25, 0.3) is 11.4 Å². The largest absolute Gasteiger partial charge is 0.510 e. The Morgan fingerprint density at radius 2 is 1.70 bits per heavy atom. The number of nitrogens with two attached hydrogens (primary N) is 1. The van der Waals surface area contributed by atoms with Gasteiger partial charge >= 0.3 is 20.1 Å². The number of nitrogen functional groups attached to an aromatic ring is 1. The van der Waals surface area contributed by atoms with Crippen LogP contribution < -0.4 is 16.2 Å². The number of aromatic nitrogens is 2. The van der Waals surface area contributed by atoms with Crippen LogP contribution in [0.3, 0.4) is 0 Å². The fourth-order valence-corrected chi connectivity index (χ4v) is 4.43. The SMILES string of the molecule is C=Nc1c(N(C)[C@@H]2O[C@](F)(COP(=O)(OCOC(=O)OC(C)C)OCOC(=O)OC(C)C)[C@@H](O)[C@@]2(C)O)nc(N)[nH]c1=O. The number of aliphatic imine (C=N–C) groups is 1. The minimum atomic E-state index is -4.98. The maximum absolute atomic E-state index is 16.0. The molecule has 43 heavy (non-hydrogen) atoms. The van der Waals surface area contributed by atoms with Crippen LogP contribution in [0.4, 0.5) is 31.4 Å². The first kappa shape index (κ1) is 35.8. The van der Waals surface area contributed by atoms with Gasteiger partial charge in [-0.05, 0) is 41.3 Å². The van der Waals surface area contributed by atoms with Gasteiger partial charge in [0, 0.05) is 7.05 Å². The Morgan fingerprint density at radius 1 is 1.19 bits per heavy atom. The van der Waals surface area contributed by atoms with Gasteiger partial charge in [-0.3, -0.25) is 19.3 Å². The highest BCUT2D eigenvalue weighted by molar-refractivity contribution is 7.48. The van der Waals surface area contributed by atoms with Crippen molar-refractivity contribution in [3.63, 3.8) is 0 Å². The van der Waals surface area contributed by atoms with Crippen LogP contribution in [0.25, 0.3) is 0 Å². The number of aromatic amines is 1. The number of nitrogens with one attached hydrogen (secondary N) is 1. The number of hydrogen-bond acceptors (Lipinski definition) is 18. The second kappa shape index (κ2) is 14.4. The molecular weight excluding hydrogens is 608 g/mol. The van der Waals surface area contributed by atoms with Crippen molar-refractivity contribution in [2.75, 3.05) is 37.9 Å². The Bertz CT molecular complexity index is 1230. The third kappa shape index (κ3) is 9.30. The third-order valence-corrected chi connectivity index (χ3v) is 6.66. The molecule has 1 aliphatic heterocycles. The topological polar surface area (TPSA) is 253 Å². The van der Waals surface area contributed by atoms with Crippen LogP contribution in [0.5, 0.6) is 0 Å². The van der Waals surface area contributed by atoms with Crippen LogP contribution in [0.1, 0.15) is 34.6 Å². The number of phosphoric acid groups is 1. The Balaban J connectivity index is 2.24. The number of ether oxygens (including phenoxy) is 5. The van der Waals surface area contributed by atoms with Crippen molar-refractivity contribution >= 4 is 44.3 Å². The van der Waals surface area contributed by atoms with Crippen molar-refractivity contribution in [1.29, 1.82) is 0 Å². The summed E-state index contributed by atoms with van der Waals surface area (Å²) >= 11 is 0. The average Bonchev–Trinajstić information content (AvgIpc) is 3.06. The van der Waals surface area contributed by atoms with E-state index in [-0.39, 0.29) is 17.5 Å². The molecule has 0 amide bonds. The van der Waals surface area contributed by atoms with Gasteiger partial charge in [0.15, 0.2) is 17.7 Å². The lowest BCUT2D eigenvalue weighted by atomic mass is 9.95. The molecule has 0 spiro atoms. The fraction of sp³-hybridized carbons (Fsp3) is 0.682. The van der Waals surface area contributed by atoms with E-state index in [2.05, 4.69) is 31.2 Å². The second-order valence-electron chi connectivity index (χ2n) is 9.61. The highest BCUT2D eigenvalue weighted by atomic mass is 31.2. The lowest BCUT2D eigenvalue weighted by molar-refractivity contribution is -0.195. The van der Waals surface area contributed by atoms with E-state index in [1.54, 1.807) is 0 Å². The molecule has 0 saturated carbocycles. The minimum Gasteiger partial charge on any atom is -0.432 e. The van der Waals surface area contributed by atoms with Gasteiger partial charge in [0.2, 0.25) is 19.5 Å². The molecule has 1 fully saturated rings. The van der Waals surface area contributed by atoms with Gasteiger partial charge in [-0.15, -0.1) is 0 Å². The molecule has 1 saturated heterocycles. The van der Waals surface area contributed by atoms with E-state index in [0.29, 0.717) is 0 Å². The Hall–Kier alpha value is -3.39. The van der Waals surface area contributed by atoms with E-state index in [9.17, 15) is 29.2 Å². The number of rotatable bonds is 14. The lowest BCUT2D eigenvalue weighted by Crippen LogP contribution is -2.53. The molecule has 21 heteroatoms. The Labute approximate surface area is 244 Å². The Kier molecular flexibility index (Phi) is 12.0. The predicted molar refractivity (Wildman–Crippen MR) is 143 cm³/mol. The zero-order valence-corrected chi connectivity index (χ0v) is 25.1. The second-order valence-corrected chi connectivity index (χ2v) is 11.3. The highest BCUT2D eigenvalue weighted by Gasteiger charge is 2.64. The first-order valence-corrected chi connectivity index (χ1v) is 13.9. The molecule has 244 valence electrons. The molecular formula is C22H35FN5O14P. The van der Waals surface area contributed by atoms with Gasteiger partial charge in [-0.25, -0.2) is 27.6 Å². The van der Waals surface area contributed by atoms with Crippen molar-refractivity contribution in [3.05, 3.63) is 10.4 Å². The van der Waals surface area contributed by atoms with Gasteiger partial charge in [-0.2, -0.15) is 4.98 Å². The summed E-state index contributed by atoms with van der Waals surface area (Å²) in [5.41, 5.74) is 1.97. The van der Waals surface area contributed by atoms with E-state index in [4.69, 9.17) is 33.5 Å². The molecule has 5 N–H and O–H groups in total. The van der Waals surface area contributed by atoms with E-state index < -0.39 is 81.9 Å². The Morgan fingerprint density at radius 3 is 2.16 bits per heavy atom. The summed E-state index contributed by atoms with van der Waals surface area (Å²) in [5, 5.41) is 21.7. The van der Waals surface area contributed by atoms with Gasteiger partial charge in [-0.1, -0.05) is 0 Å². The quantitative estimate of drug-likeness (QED) is 0.0968. The molecule has 1 aromatic rings. The number of nitrogens with zero attached hydrogens (tertiary/aromatic N) is 3. The summed E-state index contributed by atoms with van der Waals surface area (Å²) in [6.45, 7) is 6.72. The molecule has 0 bridgehead atoms. The number of carbonyl (C=O) groups is 2. The number of carbonyl (C=O) groups excluding carboxylic acids is 2. The van der Waals surface area contributed by atoms with E-state index in [1.807, 2.05) is 0 Å². The van der Waals surface area contributed by atoms with Crippen LogP contribution in [0.2, 0.25) is 0 Å². The molecule has 0 aliphatic carbocycles. The van der Waals surface area contributed by atoms with Crippen molar-refractivity contribution in [1.82, 2.24) is 9.97 Å². The standard InChI is InChI=1S/C22H35FN5O14P/c1-11(2)40-19(31)35-9-38-43(34,39-10-36-20(32)41-12(3)4)37-8-22(23)16(30)21(5,33)17(42-22)28(7)14-13(25-6)15(29)27-18(24)26-14/h11-12,16-17,30,33H,6,8-10H2,1-5,7H3,(H3,24,26,27,29)/t16-,17+,21+,22+/m0/s1. The van der Waals surface area contributed by atoms with Crippen LogP contribution in [-0.2, 0) is 41.8 Å². The van der Waals surface area contributed by atoms with Crippen molar-refractivity contribution in [2.24, 2.45) is 4.99 Å². The molecule has 0 aromatic carbocycles. The van der Waals surface area contributed by atoms with Crippen molar-refractivity contribution in [3.8, 4) is 0 Å². The lowest BCUT2D eigenvalue weighted by Gasteiger charge is -2.33. The van der Waals surface area contributed by atoms with Crippen molar-refractivity contribution in [2.45, 2.75) is 70.6 Å². The third-order valence-electron chi connectivity index (χ3n) is 5.37. The summed E-state index contributed by atoms with van der Waals surface area (Å²) in [5.74, 6) is -3.98. The molecule has 0 radical (unpaired) electrons. The molecule has 1 aromatic heterocycles. The summed E-state index contributed by atoms with van der Waals surface area (Å²) < 4.78 is 67.7. The number of H-pyrrole nitrogens is 1. The molecule has 4 atom stereocenters. The fourth-order valence-electron chi connectivity index (χ4n) is 3.51. The number of aliphatic hydroxyl groups is 2. The van der Waals surface area contributed by atoms with E-state index in [1.165, 1.54) is 34.7 Å². The molecule has 19 nitrogen and oxygen atoms in total. The molecule has 2 rings (SSSR count). The zero-order chi connectivity index (χ0) is 32.8. The number of alkyl halides is 1. The zero-order valence-electron chi connectivity index (χ0n) is 24.2. The molecule has 0 unspecified atom stereocenters. The van der Waals surface area contributed by atoms with Gasteiger partial charge in [0.05, 0.1) is 12.2 Å². The van der Waals surface area contributed by atoms with Crippen LogP contribution in [0.15, 0.2) is 9.79 Å². The average molecular weight is 644 g/mol. The van der Waals surface area contributed by atoms with E-state index in [0.717, 1.165) is 11.8 Å². The summed E-state index contributed by atoms with van der Waals surface area (Å²) in [6, 6.07) is 0. The number of halogens is 1. The molecule has 2 heterocycles. The van der Waals surface area contributed by atoms with Crippen LogP contribution in [-0.4, -0.2) is 102 Å².